The second-order valence-electron chi connectivity index (χ2n) is 7.37. The van der Waals surface area contributed by atoms with Crippen molar-refractivity contribution in [3.05, 3.63) is 27.4 Å². The second kappa shape index (κ2) is 12.4. The highest BCUT2D eigenvalue weighted by molar-refractivity contribution is 8.00. The van der Waals surface area contributed by atoms with Crippen LogP contribution in [0.25, 0.3) is 0 Å². The molecule has 3 heterocycles. The minimum atomic E-state index is -1.36. The lowest BCUT2D eigenvalue weighted by Crippen LogP contribution is -2.71. The van der Waals surface area contributed by atoms with E-state index in [9.17, 15) is 24.0 Å². The normalized spacial score (nSPS) is 20.0. The predicted octanol–water partition coefficient (Wildman–Crippen LogP) is -2.86. The van der Waals surface area contributed by atoms with E-state index < -0.39 is 48.5 Å². The fourth-order valence-electron chi connectivity index (χ4n) is 3.34. The molecule has 0 aliphatic carbocycles. The number of thiazole rings is 1. The van der Waals surface area contributed by atoms with Crippen LogP contribution in [0.3, 0.4) is 0 Å². The lowest BCUT2D eigenvalue weighted by Gasteiger charge is -2.49. The SMILES string of the molecule is BOC(=O)C1=C(CCl)CS[C@@H]2[C@H](NC(=O)/C(=N\O[C@@H](CNC=O)C(=O)BO)c3csc(C)n3)C(=O)N12. The molecule has 2 aliphatic heterocycles. The first kappa shape index (κ1) is 27.7. The molecule has 2 aliphatic rings. The van der Waals surface area contributed by atoms with E-state index in [-0.39, 0.29) is 29.5 Å². The summed E-state index contributed by atoms with van der Waals surface area (Å²) in [4.78, 5) is 71.5. The Kier molecular flexibility index (Phi) is 9.53. The predicted molar refractivity (Wildman–Crippen MR) is 134 cm³/mol. The molecule has 3 rings (SSSR count). The first-order valence-corrected chi connectivity index (χ1v) is 12.8. The van der Waals surface area contributed by atoms with E-state index in [2.05, 4.69) is 20.8 Å². The van der Waals surface area contributed by atoms with Gasteiger partial charge in [-0.05, 0) is 12.5 Å². The van der Waals surface area contributed by atoms with E-state index in [4.69, 9.17) is 26.1 Å². The quantitative estimate of drug-likeness (QED) is 0.0607. The Hall–Kier alpha value is -2.88. The molecule has 190 valence electrons. The number of halogens is 1. The van der Waals surface area contributed by atoms with Crippen molar-refractivity contribution in [3.8, 4) is 0 Å². The van der Waals surface area contributed by atoms with Crippen molar-refractivity contribution >= 4 is 85.8 Å². The van der Waals surface area contributed by atoms with Crippen LogP contribution in [-0.2, 0) is 33.5 Å². The zero-order valence-electron chi connectivity index (χ0n) is 19.1. The topological polar surface area (TPSA) is 177 Å². The average Bonchev–Trinajstić information content (AvgIpc) is 3.32. The minimum absolute atomic E-state index is 0.0367. The third-order valence-electron chi connectivity index (χ3n) is 5.12. The second-order valence-corrected chi connectivity index (χ2v) is 9.81. The van der Waals surface area contributed by atoms with Crippen molar-refractivity contribution in [1.82, 2.24) is 20.5 Å². The van der Waals surface area contributed by atoms with Gasteiger partial charge in [0.1, 0.15) is 22.8 Å². The highest BCUT2D eigenvalue weighted by Gasteiger charge is 2.54. The van der Waals surface area contributed by atoms with Gasteiger partial charge in [-0.15, -0.1) is 34.7 Å². The van der Waals surface area contributed by atoms with Crippen molar-refractivity contribution in [1.29, 1.82) is 0 Å². The van der Waals surface area contributed by atoms with Gasteiger partial charge in [0.15, 0.2) is 17.5 Å². The summed E-state index contributed by atoms with van der Waals surface area (Å²) in [5.41, 5.74) is -0.360. The van der Waals surface area contributed by atoms with Gasteiger partial charge in [-0.2, -0.15) is 0 Å². The monoisotopic (exact) mass is 555 g/mol. The summed E-state index contributed by atoms with van der Waals surface area (Å²) in [5, 5.41) is 19.3. The number of oxime groups is 1. The molecule has 0 aromatic carbocycles. The molecule has 13 nitrogen and oxygen atoms in total. The maximum Gasteiger partial charge on any atom is 0.353 e. The maximum atomic E-state index is 13.2. The fraction of sp³-hybridized carbons (Fsp3) is 0.389. The standard InChI is InChI=1S/C18H20B2ClN5O8S2/c1-7-23-9(5-35-7)11(25-34-10(3-22-6-27)14(28)20-32)15(29)24-12-16(30)26-13(18(31)33-19)8(2-21)4-36-17(12)26/h5-6,10,12,17,20,32H,2-4,19H2,1H3,(H,22,27)(H,24,29)/b25-11-/t10-,12+,17+/m0/s1. The van der Waals surface area contributed by atoms with Crippen LogP contribution in [0.15, 0.2) is 21.8 Å². The first-order valence-electron chi connectivity index (χ1n) is 10.4. The summed E-state index contributed by atoms with van der Waals surface area (Å²) in [7, 11) is 0.323. The van der Waals surface area contributed by atoms with Crippen LogP contribution in [-0.4, -0.2) is 102 Å². The van der Waals surface area contributed by atoms with Gasteiger partial charge in [0.25, 0.3) is 11.8 Å². The molecule has 3 amide bonds. The van der Waals surface area contributed by atoms with Gasteiger partial charge < -0.3 is 29.9 Å². The number of carbonyl (C=O) groups excluding carboxylic acids is 5. The van der Waals surface area contributed by atoms with E-state index in [1.165, 1.54) is 36.0 Å². The van der Waals surface area contributed by atoms with Gasteiger partial charge in [0.2, 0.25) is 6.41 Å². The van der Waals surface area contributed by atoms with E-state index in [1.54, 1.807) is 12.3 Å². The Morgan fingerprint density at radius 3 is 2.83 bits per heavy atom. The number of nitrogens with zero attached hydrogens (tertiary/aromatic N) is 3. The summed E-state index contributed by atoms with van der Waals surface area (Å²) < 4.78 is 4.79. The number of aromatic nitrogens is 1. The highest BCUT2D eigenvalue weighted by Crippen LogP contribution is 2.40. The Morgan fingerprint density at radius 1 is 1.50 bits per heavy atom. The zero-order valence-corrected chi connectivity index (χ0v) is 21.4. The minimum Gasteiger partial charge on any atom is -0.539 e. The van der Waals surface area contributed by atoms with Crippen LogP contribution in [0, 0.1) is 6.92 Å². The third-order valence-corrected chi connectivity index (χ3v) is 7.56. The van der Waals surface area contributed by atoms with Crippen molar-refractivity contribution in [3.63, 3.8) is 0 Å². The maximum absolute atomic E-state index is 13.2. The van der Waals surface area contributed by atoms with Crippen molar-refractivity contribution in [2.45, 2.75) is 24.4 Å². The van der Waals surface area contributed by atoms with Crippen LogP contribution < -0.4 is 10.6 Å². The number of rotatable bonds is 12. The molecule has 0 bridgehead atoms. The average molecular weight is 556 g/mol. The van der Waals surface area contributed by atoms with Gasteiger partial charge >= 0.3 is 21.5 Å². The zero-order chi connectivity index (χ0) is 26.4. The number of β-lactam (4-membered cyclic amide) rings is 1. The molecule has 0 saturated carbocycles. The molecule has 1 fully saturated rings. The number of amides is 3. The smallest absolute Gasteiger partial charge is 0.353 e. The van der Waals surface area contributed by atoms with E-state index in [0.717, 1.165) is 0 Å². The first-order chi connectivity index (χ1) is 17.3. The number of alkyl halides is 1. The number of nitrogens with one attached hydrogen (secondary N) is 2. The van der Waals surface area contributed by atoms with Crippen LogP contribution in [0.2, 0.25) is 0 Å². The van der Waals surface area contributed by atoms with Gasteiger partial charge in [0.05, 0.1) is 11.6 Å². The van der Waals surface area contributed by atoms with Crippen molar-refractivity contribution < 1.29 is 38.5 Å². The molecule has 3 N–H and O–H groups in total. The number of carbonyl (C=O) groups is 5. The Bertz CT molecular complexity index is 1130. The van der Waals surface area contributed by atoms with Crippen LogP contribution in [0.5, 0.6) is 0 Å². The summed E-state index contributed by atoms with van der Waals surface area (Å²) in [5.74, 6) is -1.66. The van der Waals surface area contributed by atoms with E-state index in [0.29, 0.717) is 22.7 Å². The Balaban J connectivity index is 1.82. The number of thioether (sulfide) groups is 1. The number of hydrogen-bond acceptors (Lipinski definition) is 12. The van der Waals surface area contributed by atoms with E-state index in [1.807, 2.05) is 0 Å². The Morgan fingerprint density at radius 2 is 2.25 bits per heavy atom. The molecular formula is C18H20B2ClN5O8S2. The molecule has 0 unspecified atom stereocenters. The lowest BCUT2D eigenvalue weighted by molar-refractivity contribution is -0.149. The molecule has 3 atom stereocenters. The van der Waals surface area contributed by atoms with Crippen molar-refractivity contribution in [2.24, 2.45) is 5.16 Å². The van der Waals surface area contributed by atoms with Gasteiger partial charge in [0, 0.05) is 17.0 Å². The summed E-state index contributed by atoms with van der Waals surface area (Å²) in [6, 6.07) is -0.990. The molecule has 1 aromatic heterocycles. The highest BCUT2D eigenvalue weighted by atomic mass is 35.5. The molecular weight excluding hydrogens is 535 g/mol. The summed E-state index contributed by atoms with van der Waals surface area (Å²) in [6.07, 6.45) is -1.02. The van der Waals surface area contributed by atoms with Crippen LogP contribution >= 0.6 is 34.7 Å². The number of aryl methyl sites for hydroxylation is 1. The Labute approximate surface area is 219 Å². The number of hydrogen-bond donors (Lipinski definition) is 3. The number of fused-ring (bicyclic) bond motifs is 1. The summed E-state index contributed by atoms with van der Waals surface area (Å²) in [6.45, 7) is 1.41. The third kappa shape index (κ3) is 5.74. The van der Waals surface area contributed by atoms with Crippen LogP contribution in [0.1, 0.15) is 10.7 Å². The molecule has 1 aromatic rings. The molecule has 36 heavy (non-hydrogen) atoms. The van der Waals surface area contributed by atoms with Gasteiger partial charge in [-0.25, -0.2) is 9.78 Å². The molecule has 0 spiro atoms. The fourth-order valence-corrected chi connectivity index (χ4v) is 5.62. The molecule has 0 radical (unpaired) electrons. The summed E-state index contributed by atoms with van der Waals surface area (Å²) >= 11 is 8.48. The largest absolute Gasteiger partial charge is 0.539 e. The molecule has 1 saturated heterocycles. The molecule has 18 heteroatoms. The van der Waals surface area contributed by atoms with E-state index >= 15 is 0 Å². The van der Waals surface area contributed by atoms with Gasteiger partial charge in [-0.3, -0.25) is 19.3 Å². The lowest BCUT2D eigenvalue weighted by atomic mass is 9.89. The van der Waals surface area contributed by atoms with Crippen molar-refractivity contribution in [2.75, 3.05) is 18.2 Å². The van der Waals surface area contributed by atoms with Gasteiger partial charge in [-0.1, -0.05) is 5.16 Å². The van der Waals surface area contributed by atoms with Crippen LogP contribution in [0.4, 0.5) is 0 Å².